The summed E-state index contributed by atoms with van der Waals surface area (Å²) in [5.41, 5.74) is 3.37. The molecule has 0 fully saturated rings. The van der Waals surface area contributed by atoms with Crippen LogP contribution < -0.4 is 9.62 Å². The van der Waals surface area contributed by atoms with Gasteiger partial charge in [-0.2, -0.15) is 4.31 Å². The summed E-state index contributed by atoms with van der Waals surface area (Å²) in [4.78, 5) is 29.4. The number of carbonyl (C=O) groups excluding carboxylic acids is 2. The number of hydrogen-bond donors (Lipinski definition) is 1. The third-order valence-corrected chi connectivity index (χ3v) is 7.27. The van der Waals surface area contributed by atoms with Gasteiger partial charge in [0, 0.05) is 19.4 Å². The molecular weight excluding hydrogens is 474 g/mol. The van der Waals surface area contributed by atoms with Gasteiger partial charge in [0.15, 0.2) is 5.82 Å². The van der Waals surface area contributed by atoms with E-state index in [1.54, 1.807) is 18.2 Å². The number of pyridine rings is 1. The number of carbonyl (C=O) groups is 2. The van der Waals surface area contributed by atoms with Crippen molar-refractivity contribution in [2.75, 3.05) is 9.62 Å². The topological polar surface area (TPSA) is 96.4 Å². The first-order valence-electron chi connectivity index (χ1n) is 11.2. The molecule has 0 radical (unpaired) electrons. The Bertz CT molecular complexity index is 1520. The van der Waals surface area contributed by atoms with Crippen molar-refractivity contribution in [3.63, 3.8) is 0 Å². The molecule has 0 saturated carbocycles. The van der Waals surface area contributed by atoms with E-state index >= 15 is 0 Å². The van der Waals surface area contributed by atoms with Crippen molar-refractivity contribution < 1.29 is 18.0 Å². The molecule has 0 atom stereocenters. The minimum absolute atomic E-state index is 0.0460. The lowest BCUT2D eigenvalue weighted by Crippen LogP contribution is -2.36. The van der Waals surface area contributed by atoms with E-state index in [1.165, 1.54) is 26.0 Å². The van der Waals surface area contributed by atoms with Crippen LogP contribution in [-0.4, -0.2) is 25.2 Å². The van der Waals surface area contributed by atoms with Crippen LogP contribution in [-0.2, 0) is 19.6 Å². The lowest BCUT2D eigenvalue weighted by atomic mass is 9.95. The molecule has 1 N–H and O–H groups in total. The van der Waals surface area contributed by atoms with Gasteiger partial charge in [-0.1, -0.05) is 78.4 Å². The van der Waals surface area contributed by atoms with Gasteiger partial charge in [0.2, 0.25) is 11.8 Å². The number of anilines is 2. The average Bonchev–Trinajstić information content (AvgIpc) is 2.84. The van der Waals surface area contributed by atoms with Gasteiger partial charge in [0.25, 0.3) is 10.0 Å². The highest BCUT2D eigenvalue weighted by atomic mass is 32.2. The number of benzene rings is 3. The molecule has 1 aromatic heterocycles. The normalized spacial score (nSPS) is 11.1. The van der Waals surface area contributed by atoms with Crippen LogP contribution in [0, 0.1) is 6.92 Å². The zero-order valence-electron chi connectivity index (χ0n) is 20.1. The summed E-state index contributed by atoms with van der Waals surface area (Å²) in [6, 6.07) is 26.4. The summed E-state index contributed by atoms with van der Waals surface area (Å²) in [5, 5.41) is 2.64. The minimum atomic E-state index is -4.34. The van der Waals surface area contributed by atoms with Crippen molar-refractivity contribution in [3.8, 4) is 22.3 Å². The van der Waals surface area contributed by atoms with E-state index in [4.69, 9.17) is 0 Å². The Hall–Kier alpha value is -4.30. The van der Waals surface area contributed by atoms with E-state index in [2.05, 4.69) is 10.3 Å². The molecule has 0 aliphatic heterocycles. The Labute approximate surface area is 210 Å². The number of hydrogen-bond acceptors (Lipinski definition) is 5. The second kappa shape index (κ2) is 10.1. The minimum Gasteiger partial charge on any atom is -0.311 e. The molecule has 2 amide bonds. The van der Waals surface area contributed by atoms with Crippen molar-refractivity contribution in [2.45, 2.75) is 25.7 Å². The second-order valence-electron chi connectivity index (χ2n) is 8.27. The molecule has 182 valence electrons. The Balaban J connectivity index is 2.10. The molecule has 4 aromatic rings. The van der Waals surface area contributed by atoms with Gasteiger partial charge >= 0.3 is 0 Å². The van der Waals surface area contributed by atoms with Gasteiger partial charge in [-0.25, -0.2) is 13.4 Å². The molecule has 7 nitrogen and oxygen atoms in total. The molecule has 0 saturated heterocycles. The molecule has 3 aromatic carbocycles. The number of aryl methyl sites for hydroxylation is 1. The number of rotatable bonds is 6. The van der Waals surface area contributed by atoms with Gasteiger partial charge in [-0.05, 0) is 41.8 Å². The van der Waals surface area contributed by atoms with Crippen LogP contribution in [0.4, 0.5) is 11.6 Å². The van der Waals surface area contributed by atoms with Crippen LogP contribution in [0.25, 0.3) is 22.3 Å². The van der Waals surface area contributed by atoms with E-state index in [-0.39, 0.29) is 22.4 Å². The van der Waals surface area contributed by atoms with E-state index in [1.807, 2.05) is 67.6 Å². The first-order valence-corrected chi connectivity index (χ1v) is 12.7. The number of sulfonamides is 1. The number of nitrogens with one attached hydrogen (secondary N) is 1. The fourth-order valence-electron chi connectivity index (χ4n) is 3.91. The number of amides is 2. The Morgan fingerprint density at radius 1 is 0.806 bits per heavy atom. The lowest BCUT2D eigenvalue weighted by Gasteiger charge is -2.25. The highest BCUT2D eigenvalue weighted by Gasteiger charge is 2.33. The van der Waals surface area contributed by atoms with Crippen LogP contribution >= 0.6 is 0 Å². The third kappa shape index (κ3) is 5.04. The summed E-state index contributed by atoms with van der Waals surface area (Å²) in [7, 11) is -4.34. The number of aromatic nitrogens is 1. The van der Waals surface area contributed by atoms with Crippen molar-refractivity contribution in [1.82, 2.24) is 4.98 Å². The zero-order chi connectivity index (χ0) is 25.9. The molecule has 0 unspecified atom stereocenters. The molecule has 4 rings (SSSR count). The predicted molar refractivity (Wildman–Crippen MR) is 141 cm³/mol. The van der Waals surface area contributed by atoms with Crippen LogP contribution in [0.1, 0.15) is 19.4 Å². The second-order valence-corrected chi connectivity index (χ2v) is 10.1. The average molecular weight is 500 g/mol. The molecule has 1 heterocycles. The van der Waals surface area contributed by atoms with Gasteiger partial charge < -0.3 is 5.32 Å². The highest BCUT2D eigenvalue weighted by Crippen LogP contribution is 2.41. The SMILES string of the molecule is CC(=O)Nc1cc(-c2ccccc2)c(-c2ccccc2)c(N(C(C)=O)S(=O)(=O)c2ccc(C)cc2)n1. The van der Waals surface area contributed by atoms with Gasteiger partial charge in [-0.15, -0.1) is 0 Å². The van der Waals surface area contributed by atoms with E-state index in [0.29, 0.717) is 21.0 Å². The summed E-state index contributed by atoms with van der Waals surface area (Å²) < 4.78 is 28.4. The van der Waals surface area contributed by atoms with E-state index < -0.39 is 15.9 Å². The van der Waals surface area contributed by atoms with Gasteiger partial charge in [0.1, 0.15) is 5.82 Å². The molecular formula is C28H25N3O4S. The molecule has 8 heteroatoms. The third-order valence-electron chi connectivity index (χ3n) is 5.49. The van der Waals surface area contributed by atoms with Crippen LogP contribution in [0.5, 0.6) is 0 Å². The van der Waals surface area contributed by atoms with Gasteiger partial charge in [0.05, 0.1) is 4.90 Å². The molecule has 36 heavy (non-hydrogen) atoms. The van der Waals surface area contributed by atoms with E-state index in [0.717, 1.165) is 11.1 Å². The Kier molecular flexibility index (Phi) is 6.98. The maximum Gasteiger partial charge on any atom is 0.272 e. The molecule has 0 spiro atoms. The van der Waals surface area contributed by atoms with E-state index in [9.17, 15) is 18.0 Å². The standard InChI is InChI=1S/C28H25N3O4S/c1-19-14-16-24(17-15-19)36(34,35)31(21(3)33)28-27(23-12-8-5-9-13-23)25(22-10-6-4-7-11-22)18-26(30-28)29-20(2)32/h4-18H,1-3H3,(H,29,30,32). The maximum absolute atomic E-state index is 13.8. The summed E-state index contributed by atoms with van der Waals surface area (Å²) >= 11 is 0. The monoisotopic (exact) mass is 499 g/mol. The Morgan fingerprint density at radius 2 is 1.36 bits per heavy atom. The maximum atomic E-state index is 13.8. The van der Waals surface area contributed by atoms with Crippen LogP contribution in [0.2, 0.25) is 0 Å². The summed E-state index contributed by atoms with van der Waals surface area (Å²) in [5.74, 6) is -1.09. The van der Waals surface area contributed by atoms with Crippen molar-refractivity contribution in [3.05, 3.63) is 96.6 Å². The van der Waals surface area contributed by atoms with Crippen molar-refractivity contribution >= 4 is 33.5 Å². The van der Waals surface area contributed by atoms with Crippen molar-refractivity contribution in [1.29, 1.82) is 0 Å². The molecule has 0 aliphatic carbocycles. The Morgan fingerprint density at radius 3 is 1.89 bits per heavy atom. The number of nitrogens with zero attached hydrogens (tertiary/aromatic N) is 2. The van der Waals surface area contributed by atoms with Crippen LogP contribution in [0.3, 0.4) is 0 Å². The largest absolute Gasteiger partial charge is 0.311 e. The van der Waals surface area contributed by atoms with Gasteiger partial charge in [-0.3, -0.25) is 9.59 Å². The highest BCUT2D eigenvalue weighted by molar-refractivity contribution is 7.93. The van der Waals surface area contributed by atoms with Crippen molar-refractivity contribution in [2.24, 2.45) is 0 Å². The quantitative estimate of drug-likeness (QED) is 0.382. The lowest BCUT2D eigenvalue weighted by molar-refractivity contribution is -0.115. The molecule has 0 aliphatic rings. The summed E-state index contributed by atoms with van der Waals surface area (Å²) in [6.45, 7) is 4.35. The summed E-state index contributed by atoms with van der Waals surface area (Å²) in [6.07, 6.45) is 0. The smallest absolute Gasteiger partial charge is 0.272 e. The first-order chi connectivity index (χ1) is 17.2. The van der Waals surface area contributed by atoms with Crippen LogP contribution in [0.15, 0.2) is 95.9 Å². The predicted octanol–water partition coefficient (Wildman–Crippen LogP) is 5.42. The fraction of sp³-hybridized carbons (Fsp3) is 0.107. The zero-order valence-corrected chi connectivity index (χ0v) is 20.9. The fourth-order valence-corrected chi connectivity index (χ4v) is 5.29. The molecule has 0 bridgehead atoms. The first kappa shape index (κ1) is 24.8.